The number of aliphatic hydroxyl groups excluding tert-OH is 1. The Morgan fingerprint density at radius 3 is 2.16 bits per heavy atom. The van der Waals surface area contributed by atoms with Crippen LogP contribution in [0.3, 0.4) is 0 Å². The molecule has 1 atom stereocenters. The summed E-state index contributed by atoms with van der Waals surface area (Å²) in [4.78, 5) is 25.5. The van der Waals surface area contributed by atoms with Crippen molar-refractivity contribution in [3.05, 3.63) is 35.4 Å². The molecule has 4 heteroatoms. The van der Waals surface area contributed by atoms with E-state index in [1.807, 2.05) is 0 Å². The minimum absolute atomic E-state index is 0.122. The fourth-order valence-corrected chi connectivity index (χ4v) is 3.08. The molecule has 1 aliphatic carbocycles. The van der Waals surface area contributed by atoms with Gasteiger partial charge in [-0.3, -0.25) is 14.5 Å². The number of aliphatic hydroxyl groups is 1. The first kappa shape index (κ1) is 12.4. The lowest BCUT2D eigenvalue weighted by Crippen LogP contribution is -2.39. The van der Waals surface area contributed by atoms with Crippen molar-refractivity contribution in [1.82, 2.24) is 4.90 Å². The van der Waals surface area contributed by atoms with Gasteiger partial charge in [0.1, 0.15) is 0 Å². The summed E-state index contributed by atoms with van der Waals surface area (Å²) in [5, 5.41) is 10.2. The zero-order valence-corrected chi connectivity index (χ0v) is 10.7. The molecular weight excluding hydrogens is 242 g/mol. The molecule has 1 unspecified atom stereocenters. The second-order valence-electron chi connectivity index (χ2n) is 5.38. The first-order valence-corrected chi connectivity index (χ1v) is 6.82. The van der Waals surface area contributed by atoms with E-state index >= 15 is 0 Å². The van der Waals surface area contributed by atoms with E-state index in [4.69, 9.17) is 0 Å². The Morgan fingerprint density at radius 1 is 1.11 bits per heavy atom. The number of amides is 2. The van der Waals surface area contributed by atoms with E-state index in [2.05, 4.69) is 0 Å². The number of fused-ring (bicyclic) bond motifs is 1. The van der Waals surface area contributed by atoms with Gasteiger partial charge in [-0.15, -0.1) is 0 Å². The predicted octanol–water partition coefficient (Wildman–Crippen LogP) is 1.83. The Hall–Kier alpha value is -1.68. The van der Waals surface area contributed by atoms with Crippen LogP contribution in [0.2, 0.25) is 0 Å². The molecule has 3 rings (SSSR count). The molecule has 19 heavy (non-hydrogen) atoms. The molecule has 2 aliphatic rings. The number of imide groups is 1. The molecule has 0 bridgehead atoms. The molecule has 1 N–H and O–H groups in total. The molecule has 0 saturated heterocycles. The summed E-state index contributed by atoms with van der Waals surface area (Å²) in [6, 6.07) is 6.83. The molecule has 1 heterocycles. The maximum atomic E-state index is 12.2. The molecule has 1 saturated carbocycles. The Kier molecular flexibility index (Phi) is 3.11. The normalized spacial score (nSPS) is 21.0. The number of benzene rings is 1. The van der Waals surface area contributed by atoms with E-state index in [1.54, 1.807) is 24.3 Å². The van der Waals surface area contributed by atoms with Crippen molar-refractivity contribution in [2.75, 3.05) is 6.54 Å². The lowest BCUT2D eigenvalue weighted by molar-refractivity contribution is 0.0439. The first-order chi connectivity index (χ1) is 9.18. The van der Waals surface area contributed by atoms with Gasteiger partial charge in [0.05, 0.1) is 23.8 Å². The average molecular weight is 259 g/mol. The number of hydrogen-bond acceptors (Lipinski definition) is 3. The molecule has 4 nitrogen and oxygen atoms in total. The highest BCUT2D eigenvalue weighted by molar-refractivity contribution is 6.21. The summed E-state index contributed by atoms with van der Waals surface area (Å²) in [6.07, 6.45) is 3.65. The maximum absolute atomic E-state index is 12.2. The fraction of sp³-hybridized carbons (Fsp3) is 0.467. The zero-order chi connectivity index (χ0) is 13.4. The van der Waals surface area contributed by atoms with Gasteiger partial charge in [0.25, 0.3) is 11.8 Å². The van der Waals surface area contributed by atoms with Crippen molar-refractivity contribution < 1.29 is 14.7 Å². The van der Waals surface area contributed by atoms with Crippen LogP contribution in [0.4, 0.5) is 0 Å². The van der Waals surface area contributed by atoms with Crippen LogP contribution < -0.4 is 0 Å². The highest BCUT2D eigenvalue weighted by Gasteiger charge is 2.37. The molecule has 1 aromatic carbocycles. The van der Waals surface area contributed by atoms with Crippen LogP contribution in [0.25, 0.3) is 0 Å². The first-order valence-electron chi connectivity index (χ1n) is 6.82. The third-order valence-electron chi connectivity index (χ3n) is 4.19. The van der Waals surface area contributed by atoms with Crippen LogP contribution in [-0.2, 0) is 0 Å². The number of β-amino-alcohol motifs (C(OH)–C–C–N with tert-alkyl or cyclic N) is 1. The van der Waals surface area contributed by atoms with Gasteiger partial charge in [0, 0.05) is 0 Å². The second-order valence-corrected chi connectivity index (χ2v) is 5.38. The molecule has 1 aromatic rings. The van der Waals surface area contributed by atoms with Crippen LogP contribution >= 0.6 is 0 Å². The van der Waals surface area contributed by atoms with Gasteiger partial charge in [-0.1, -0.05) is 25.0 Å². The van der Waals surface area contributed by atoms with Crippen molar-refractivity contribution in [3.63, 3.8) is 0 Å². The quantitative estimate of drug-likeness (QED) is 0.843. The lowest BCUT2D eigenvalue weighted by Gasteiger charge is -2.22. The van der Waals surface area contributed by atoms with Crippen molar-refractivity contribution in [1.29, 1.82) is 0 Å². The van der Waals surface area contributed by atoms with Crippen molar-refractivity contribution in [3.8, 4) is 0 Å². The SMILES string of the molecule is O=C1c2ccccc2C(=O)N1CC(O)C1CCCC1. The summed E-state index contributed by atoms with van der Waals surface area (Å²) < 4.78 is 0. The highest BCUT2D eigenvalue weighted by Crippen LogP contribution is 2.30. The van der Waals surface area contributed by atoms with Gasteiger partial charge in [-0.25, -0.2) is 0 Å². The lowest BCUT2D eigenvalue weighted by atomic mass is 10.0. The Balaban J connectivity index is 1.76. The van der Waals surface area contributed by atoms with Gasteiger partial charge in [0.2, 0.25) is 0 Å². The minimum atomic E-state index is -0.593. The summed E-state index contributed by atoms with van der Waals surface area (Å²) in [7, 11) is 0. The Bertz CT molecular complexity index is 485. The summed E-state index contributed by atoms with van der Waals surface area (Å²) in [5.41, 5.74) is 0.900. The standard InChI is InChI=1S/C15H17NO3/c17-13(10-5-1-2-6-10)9-16-14(18)11-7-3-4-8-12(11)15(16)19/h3-4,7-8,10,13,17H,1-2,5-6,9H2. The molecule has 1 aliphatic heterocycles. The number of carbonyl (C=O) groups is 2. The van der Waals surface area contributed by atoms with E-state index in [9.17, 15) is 14.7 Å². The molecule has 0 radical (unpaired) electrons. The second kappa shape index (κ2) is 4.78. The van der Waals surface area contributed by atoms with E-state index in [1.165, 1.54) is 4.90 Å². The molecular formula is C15H17NO3. The van der Waals surface area contributed by atoms with Gasteiger partial charge < -0.3 is 5.11 Å². The smallest absolute Gasteiger partial charge is 0.261 e. The van der Waals surface area contributed by atoms with E-state index in [0.717, 1.165) is 25.7 Å². The predicted molar refractivity (Wildman–Crippen MR) is 69.8 cm³/mol. The monoisotopic (exact) mass is 259 g/mol. The fourth-order valence-electron chi connectivity index (χ4n) is 3.08. The van der Waals surface area contributed by atoms with Crippen LogP contribution in [0.5, 0.6) is 0 Å². The molecule has 100 valence electrons. The summed E-state index contributed by atoms with van der Waals surface area (Å²) >= 11 is 0. The number of nitrogens with zero attached hydrogens (tertiary/aromatic N) is 1. The number of rotatable bonds is 3. The van der Waals surface area contributed by atoms with Gasteiger partial charge >= 0.3 is 0 Å². The largest absolute Gasteiger partial charge is 0.391 e. The van der Waals surface area contributed by atoms with E-state index in [-0.39, 0.29) is 24.3 Å². The molecule has 0 spiro atoms. The topological polar surface area (TPSA) is 57.6 Å². The number of carbonyl (C=O) groups excluding carboxylic acids is 2. The van der Waals surface area contributed by atoms with Crippen LogP contribution in [0, 0.1) is 5.92 Å². The Morgan fingerprint density at radius 2 is 1.63 bits per heavy atom. The van der Waals surface area contributed by atoms with Crippen molar-refractivity contribution in [2.45, 2.75) is 31.8 Å². The van der Waals surface area contributed by atoms with Gasteiger partial charge in [0.15, 0.2) is 0 Å². The molecule has 1 fully saturated rings. The number of hydrogen-bond donors (Lipinski definition) is 1. The van der Waals surface area contributed by atoms with Gasteiger partial charge in [-0.2, -0.15) is 0 Å². The highest BCUT2D eigenvalue weighted by atomic mass is 16.3. The van der Waals surface area contributed by atoms with Crippen molar-refractivity contribution in [2.24, 2.45) is 5.92 Å². The molecule has 0 aromatic heterocycles. The van der Waals surface area contributed by atoms with Gasteiger partial charge in [-0.05, 0) is 30.9 Å². The van der Waals surface area contributed by atoms with Crippen LogP contribution in [0.1, 0.15) is 46.4 Å². The maximum Gasteiger partial charge on any atom is 0.261 e. The van der Waals surface area contributed by atoms with Crippen LogP contribution in [-0.4, -0.2) is 34.5 Å². The summed E-state index contributed by atoms with van der Waals surface area (Å²) in [6.45, 7) is 0.122. The third-order valence-corrected chi connectivity index (χ3v) is 4.19. The third kappa shape index (κ3) is 2.06. The minimum Gasteiger partial charge on any atom is -0.391 e. The average Bonchev–Trinajstić information content (AvgIpc) is 3.03. The Labute approximate surface area is 112 Å². The van der Waals surface area contributed by atoms with Crippen LogP contribution in [0.15, 0.2) is 24.3 Å². The summed E-state index contributed by atoms with van der Waals surface area (Å²) in [5.74, 6) is -0.334. The van der Waals surface area contributed by atoms with E-state index < -0.39 is 6.10 Å². The van der Waals surface area contributed by atoms with Crippen molar-refractivity contribution >= 4 is 11.8 Å². The van der Waals surface area contributed by atoms with E-state index in [0.29, 0.717) is 11.1 Å². The molecule has 2 amide bonds. The zero-order valence-electron chi connectivity index (χ0n) is 10.7.